The molecule has 0 aromatic rings. The summed E-state index contributed by atoms with van der Waals surface area (Å²) in [6.45, 7) is 0. The minimum absolute atomic E-state index is 0. The molecule has 0 radical (unpaired) electrons. The summed E-state index contributed by atoms with van der Waals surface area (Å²) in [7, 11) is 0. The van der Waals surface area contributed by atoms with Crippen LogP contribution in [0, 0.1) is 39.9 Å². The number of rotatable bonds is 0. The van der Waals surface area contributed by atoms with Crippen LogP contribution in [0.5, 0.6) is 0 Å². The zero-order chi connectivity index (χ0) is 4.50. The van der Waals surface area contributed by atoms with Gasteiger partial charge in [-0.1, -0.05) is 0 Å². The van der Waals surface area contributed by atoms with E-state index in [-0.39, 0.29) is 39.9 Å². The Morgan fingerprint density at radius 1 is 1.17 bits per heavy atom. The van der Waals surface area contributed by atoms with Crippen molar-refractivity contribution in [3.8, 4) is 0 Å². The molecule has 0 bridgehead atoms. The van der Waals surface area contributed by atoms with Crippen LogP contribution in [0.2, 0.25) is 0 Å². The largest absolute Gasteiger partial charge is 0 e. The van der Waals surface area contributed by atoms with Crippen molar-refractivity contribution in [1.82, 2.24) is 0 Å². The average molecular weight is 374 g/mol. The third-order valence-electron chi connectivity index (χ3n) is 0. The van der Waals surface area contributed by atoms with Crippen molar-refractivity contribution in [1.29, 1.82) is 0 Å². The molecule has 0 saturated carbocycles. The molecule has 0 saturated heterocycles. The minimum atomic E-state index is -5.12. The molecular formula is H3AsO4Th. The summed E-state index contributed by atoms with van der Waals surface area (Å²) in [4.78, 5) is 0. The second-order valence-corrected chi connectivity index (χ2v) is 2.67. The van der Waals surface area contributed by atoms with Gasteiger partial charge in [0.05, 0.1) is 0 Å². The molecule has 36 valence electrons. The van der Waals surface area contributed by atoms with Crippen LogP contribution in [-0.2, 0) is 3.74 Å². The van der Waals surface area contributed by atoms with Gasteiger partial charge in [-0.3, -0.25) is 0 Å². The van der Waals surface area contributed by atoms with E-state index in [0.29, 0.717) is 0 Å². The van der Waals surface area contributed by atoms with E-state index in [2.05, 4.69) is 0 Å². The van der Waals surface area contributed by atoms with Crippen molar-refractivity contribution in [3.05, 3.63) is 0 Å². The van der Waals surface area contributed by atoms with Crippen LogP contribution in [0.3, 0.4) is 0 Å². The normalized spacial score (nSPS) is 9.83. The van der Waals surface area contributed by atoms with Crippen LogP contribution in [0.4, 0.5) is 0 Å². The first kappa shape index (κ1) is 10.5. The van der Waals surface area contributed by atoms with E-state index < -0.39 is 14.5 Å². The van der Waals surface area contributed by atoms with Gasteiger partial charge in [0, 0.05) is 39.9 Å². The van der Waals surface area contributed by atoms with Gasteiger partial charge in [-0.25, -0.2) is 0 Å². The first-order valence-electron chi connectivity index (χ1n) is 0.783. The van der Waals surface area contributed by atoms with Crippen LogP contribution in [0.15, 0.2) is 0 Å². The predicted molar refractivity (Wildman–Crippen MR) is 13.1 cm³/mol. The molecule has 0 aromatic carbocycles. The zero-order valence-electron chi connectivity index (χ0n) is 2.70. The Morgan fingerprint density at radius 2 is 1.17 bits per heavy atom. The Kier molecular flexibility index (Phi) is 6.23. The van der Waals surface area contributed by atoms with E-state index in [9.17, 15) is 0 Å². The molecule has 0 aromatic heterocycles. The number of hydrogen-bond acceptors (Lipinski definition) is 1. The maximum atomic E-state index is 8.94. The van der Waals surface area contributed by atoms with Gasteiger partial charge in [-0.05, 0) is 0 Å². The second-order valence-electron chi connectivity index (χ2n) is 0.513. The third-order valence-corrected chi connectivity index (χ3v) is 0. The Bertz CT molecular complexity index is 53.7. The van der Waals surface area contributed by atoms with E-state index in [0.717, 1.165) is 0 Å². The fraction of sp³-hybridized carbons (Fsp3) is 0. The Balaban J connectivity index is 0. The first-order chi connectivity index (χ1) is 2.00. The van der Waals surface area contributed by atoms with Gasteiger partial charge >= 0.3 is 30.5 Å². The van der Waals surface area contributed by atoms with Gasteiger partial charge in [0.1, 0.15) is 0 Å². The standard InChI is InChI=1S/AsH3O4.Th/c2-1(3,4)5;/h(H3,2,3,4,5);. The second kappa shape index (κ2) is 3.55. The van der Waals surface area contributed by atoms with Gasteiger partial charge < -0.3 is 0 Å². The zero-order valence-corrected chi connectivity index (χ0v) is 8.68. The van der Waals surface area contributed by atoms with Crippen molar-refractivity contribution < 1.29 is 56.0 Å². The first-order valence-corrected chi connectivity index (χ1v) is 4.07. The molecule has 0 aliphatic rings. The summed E-state index contributed by atoms with van der Waals surface area (Å²) in [5.41, 5.74) is 0. The van der Waals surface area contributed by atoms with Crippen molar-refractivity contribution in [2.75, 3.05) is 0 Å². The van der Waals surface area contributed by atoms with Crippen molar-refractivity contribution >= 4 is 14.5 Å². The quantitative estimate of drug-likeness (QED) is 0.422. The summed E-state index contributed by atoms with van der Waals surface area (Å²) in [5, 5.41) is 0. The molecular weight excluding hydrogens is 371 g/mol. The molecule has 0 spiro atoms. The molecule has 0 fully saturated rings. The Hall–Kier alpha value is 1.56. The van der Waals surface area contributed by atoms with Crippen LogP contribution in [0.25, 0.3) is 0 Å². The molecule has 0 heterocycles. The molecule has 6 heteroatoms. The smallest absolute Gasteiger partial charge is 0 e. The molecule has 4 nitrogen and oxygen atoms in total. The van der Waals surface area contributed by atoms with Gasteiger partial charge in [0.15, 0.2) is 0 Å². The SMILES string of the molecule is O=[As](O)(O)O.[Th]. The summed E-state index contributed by atoms with van der Waals surface area (Å²) in [5.74, 6) is 0. The summed E-state index contributed by atoms with van der Waals surface area (Å²) < 4.78 is 30.7. The number of hydrogen-bond donors (Lipinski definition) is 3. The predicted octanol–water partition coefficient (Wildman–Crippen LogP) is -2.17. The molecule has 0 unspecified atom stereocenters. The van der Waals surface area contributed by atoms with Crippen LogP contribution in [0.1, 0.15) is 0 Å². The van der Waals surface area contributed by atoms with Gasteiger partial charge in [0.25, 0.3) is 0 Å². The van der Waals surface area contributed by atoms with Gasteiger partial charge in [0.2, 0.25) is 0 Å². The van der Waals surface area contributed by atoms with Gasteiger partial charge in [-0.15, -0.1) is 0 Å². The maximum Gasteiger partial charge on any atom is 0 e. The topological polar surface area (TPSA) is 77.8 Å². The Labute approximate surface area is 69.6 Å². The summed E-state index contributed by atoms with van der Waals surface area (Å²) in [6.07, 6.45) is 0. The van der Waals surface area contributed by atoms with E-state index in [4.69, 9.17) is 16.0 Å². The summed E-state index contributed by atoms with van der Waals surface area (Å²) in [6, 6.07) is 0. The molecule has 0 rings (SSSR count). The minimum Gasteiger partial charge on any atom is 0 e. The molecule has 3 N–H and O–H groups in total. The Morgan fingerprint density at radius 3 is 1.17 bits per heavy atom. The molecule has 0 amide bonds. The fourth-order valence-electron chi connectivity index (χ4n) is 0. The van der Waals surface area contributed by atoms with Crippen molar-refractivity contribution in [3.63, 3.8) is 0 Å². The fourth-order valence-corrected chi connectivity index (χ4v) is 0. The van der Waals surface area contributed by atoms with E-state index in [1.807, 2.05) is 0 Å². The molecule has 0 aliphatic heterocycles. The van der Waals surface area contributed by atoms with Crippen LogP contribution in [-0.4, -0.2) is 26.8 Å². The van der Waals surface area contributed by atoms with Crippen LogP contribution < -0.4 is 0 Å². The van der Waals surface area contributed by atoms with Crippen LogP contribution >= 0.6 is 0 Å². The molecule has 0 aliphatic carbocycles. The maximum absolute atomic E-state index is 8.94. The molecule has 0 atom stereocenters. The van der Waals surface area contributed by atoms with Crippen molar-refractivity contribution in [2.24, 2.45) is 0 Å². The van der Waals surface area contributed by atoms with E-state index >= 15 is 0 Å². The average Bonchev–Trinajstić information content (AvgIpc) is 0.722. The molecule has 6 heavy (non-hydrogen) atoms. The monoisotopic (exact) mass is 374 g/mol. The summed E-state index contributed by atoms with van der Waals surface area (Å²) >= 11 is -5.12. The van der Waals surface area contributed by atoms with E-state index in [1.54, 1.807) is 0 Å². The van der Waals surface area contributed by atoms with Crippen molar-refractivity contribution in [2.45, 2.75) is 0 Å². The van der Waals surface area contributed by atoms with E-state index in [1.165, 1.54) is 0 Å². The van der Waals surface area contributed by atoms with Gasteiger partial charge in [-0.2, -0.15) is 0 Å². The third kappa shape index (κ3) is 47.4.